The van der Waals surface area contributed by atoms with Crippen molar-refractivity contribution in [2.75, 3.05) is 6.61 Å². The SMILES string of the molecule is CC(COc1ccc(F)cc1S(N)(=O)=O)C(N)=O. The highest BCUT2D eigenvalue weighted by molar-refractivity contribution is 7.89. The highest BCUT2D eigenvalue weighted by Gasteiger charge is 2.18. The summed E-state index contributed by atoms with van der Waals surface area (Å²) in [5.74, 6) is -2.07. The second-order valence-corrected chi connectivity index (χ2v) is 5.28. The quantitative estimate of drug-likeness (QED) is 0.786. The van der Waals surface area contributed by atoms with Crippen LogP contribution in [0, 0.1) is 11.7 Å². The zero-order valence-corrected chi connectivity index (χ0v) is 10.4. The Labute approximate surface area is 104 Å². The summed E-state index contributed by atoms with van der Waals surface area (Å²) in [5.41, 5.74) is 5.03. The molecule has 0 aromatic heterocycles. The molecule has 0 saturated heterocycles. The third-order valence-electron chi connectivity index (χ3n) is 2.19. The van der Waals surface area contributed by atoms with Crippen molar-refractivity contribution in [2.24, 2.45) is 16.8 Å². The molecule has 1 rings (SSSR count). The van der Waals surface area contributed by atoms with Crippen molar-refractivity contribution in [1.82, 2.24) is 0 Å². The summed E-state index contributed by atoms with van der Waals surface area (Å²) >= 11 is 0. The van der Waals surface area contributed by atoms with Crippen LogP contribution in [0.4, 0.5) is 4.39 Å². The fraction of sp³-hybridized carbons (Fsp3) is 0.300. The smallest absolute Gasteiger partial charge is 0.241 e. The summed E-state index contributed by atoms with van der Waals surface area (Å²) in [6.07, 6.45) is 0. The molecular weight excluding hydrogens is 263 g/mol. The molecule has 18 heavy (non-hydrogen) atoms. The maximum atomic E-state index is 13.0. The lowest BCUT2D eigenvalue weighted by Gasteiger charge is -2.12. The van der Waals surface area contributed by atoms with Gasteiger partial charge in [-0.3, -0.25) is 4.79 Å². The molecule has 1 unspecified atom stereocenters. The second kappa shape index (κ2) is 5.32. The molecule has 1 aromatic rings. The predicted molar refractivity (Wildman–Crippen MR) is 61.6 cm³/mol. The van der Waals surface area contributed by atoms with Crippen molar-refractivity contribution in [3.63, 3.8) is 0 Å². The number of ether oxygens (including phenoxy) is 1. The third-order valence-corrected chi connectivity index (χ3v) is 3.12. The number of primary sulfonamides is 1. The van der Waals surface area contributed by atoms with E-state index in [1.54, 1.807) is 0 Å². The molecule has 0 aliphatic heterocycles. The van der Waals surface area contributed by atoms with E-state index >= 15 is 0 Å². The molecule has 0 aliphatic rings. The lowest BCUT2D eigenvalue weighted by Crippen LogP contribution is -2.26. The summed E-state index contributed by atoms with van der Waals surface area (Å²) in [4.78, 5) is 10.3. The van der Waals surface area contributed by atoms with E-state index in [4.69, 9.17) is 15.6 Å². The maximum absolute atomic E-state index is 13.0. The monoisotopic (exact) mass is 276 g/mol. The number of amides is 1. The fourth-order valence-electron chi connectivity index (χ4n) is 1.12. The zero-order chi connectivity index (χ0) is 13.9. The Morgan fingerprint density at radius 1 is 1.50 bits per heavy atom. The molecule has 1 atom stereocenters. The van der Waals surface area contributed by atoms with Crippen LogP contribution in [0.2, 0.25) is 0 Å². The van der Waals surface area contributed by atoms with Crippen molar-refractivity contribution in [1.29, 1.82) is 0 Å². The molecule has 6 nitrogen and oxygen atoms in total. The zero-order valence-electron chi connectivity index (χ0n) is 9.59. The molecule has 100 valence electrons. The van der Waals surface area contributed by atoms with E-state index < -0.39 is 32.6 Å². The molecule has 8 heteroatoms. The van der Waals surface area contributed by atoms with E-state index in [1.807, 2.05) is 0 Å². The minimum Gasteiger partial charge on any atom is -0.491 e. The van der Waals surface area contributed by atoms with Crippen LogP contribution >= 0.6 is 0 Å². The number of halogens is 1. The molecule has 0 aliphatic carbocycles. The number of primary amides is 1. The van der Waals surface area contributed by atoms with Gasteiger partial charge in [-0.1, -0.05) is 6.92 Å². The average Bonchev–Trinajstić information content (AvgIpc) is 2.25. The lowest BCUT2D eigenvalue weighted by molar-refractivity contribution is -0.122. The third kappa shape index (κ3) is 3.67. The van der Waals surface area contributed by atoms with Gasteiger partial charge in [0.15, 0.2) is 0 Å². The standard InChI is InChI=1S/C10H13FN2O4S/c1-6(10(12)14)5-17-8-3-2-7(11)4-9(8)18(13,15)16/h2-4,6H,5H2,1H3,(H2,12,14)(H2,13,15,16). The van der Waals surface area contributed by atoms with E-state index in [0.29, 0.717) is 0 Å². The molecule has 1 amide bonds. The number of rotatable bonds is 5. The molecule has 0 saturated carbocycles. The normalized spacial score (nSPS) is 13.1. The number of nitrogens with two attached hydrogens (primary N) is 2. The van der Waals surface area contributed by atoms with Gasteiger partial charge in [0.1, 0.15) is 16.5 Å². The first kappa shape index (κ1) is 14.4. The minimum absolute atomic E-state index is 0.119. The molecule has 0 heterocycles. The topological polar surface area (TPSA) is 112 Å². The van der Waals surface area contributed by atoms with Gasteiger partial charge in [-0.25, -0.2) is 17.9 Å². The van der Waals surface area contributed by atoms with Crippen molar-refractivity contribution >= 4 is 15.9 Å². The Bertz CT molecular complexity index is 559. The van der Waals surface area contributed by atoms with Gasteiger partial charge in [-0.15, -0.1) is 0 Å². The van der Waals surface area contributed by atoms with E-state index in [-0.39, 0.29) is 12.4 Å². The number of carbonyl (C=O) groups excluding carboxylic acids is 1. The van der Waals surface area contributed by atoms with Crippen LogP contribution in [0.15, 0.2) is 23.1 Å². The molecule has 0 radical (unpaired) electrons. The van der Waals surface area contributed by atoms with Crippen molar-refractivity contribution < 1.29 is 22.3 Å². The van der Waals surface area contributed by atoms with Gasteiger partial charge in [-0.2, -0.15) is 0 Å². The maximum Gasteiger partial charge on any atom is 0.241 e. The highest BCUT2D eigenvalue weighted by Crippen LogP contribution is 2.24. The number of benzene rings is 1. The predicted octanol–water partition coefficient (Wildman–Crippen LogP) is -0.0267. The number of carbonyl (C=O) groups is 1. The molecule has 0 fully saturated rings. The average molecular weight is 276 g/mol. The van der Waals surface area contributed by atoms with E-state index in [2.05, 4.69) is 0 Å². The summed E-state index contributed by atoms with van der Waals surface area (Å²) in [6, 6.07) is 2.90. The van der Waals surface area contributed by atoms with Gasteiger partial charge in [-0.05, 0) is 18.2 Å². The highest BCUT2D eigenvalue weighted by atomic mass is 32.2. The summed E-state index contributed by atoms with van der Waals surface area (Å²) < 4.78 is 40.5. The van der Waals surface area contributed by atoms with Crippen molar-refractivity contribution in [3.8, 4) is 5.75 Å². The van der Waals surface area contributed by atoms with Gasteiger partial charge in [0.25, 0.3) is 0 Å². The Hall–Kier alpha value is -1.67. The van der Waals surface area contributed by atoms with Crippen LogP contribution in [0.1, 0.15) is 6.92 Å². The van der Waals surface area contributed by atoms with Crippen molar-refractivity contribution in [3.05, 3.63) is 24.0 Å². The summed E-state index contributed by atoms with van der Waals surface area (Å²) in [5, 5.41) is 4.93. The summed E-state index contributed by atoms with van der Waals surface area (Å²) in [6.45, 7) is 1.39. The van der Waals surface area contributed by atoms with Crippen LogP contribution in [-0.4, -0.2) is 20.9 Å². The van der Waals surface area contributed by atoms with Crippen LogP contribution in [0.3, 0.4) is 0 Å². The van der Waals surface area contributed by atoms with Crippen molar-refractivity contribution in [2.45, 2.75) is 11.8 Å². The fourth-order valence-corrected chi connectivity index (χ4v) is 1.80. The van der Waals surface area contributed by atoms with E-state index in [0.717, 1.165) is 18.2 Å². The van der Waals surface area contributed by atoms with Gasteiger partial charge < -0.3 is 10.5 Å². The molecular formula is C10H13FN2O4S. The first-order valence-corrected chi connectivity index (χ1v) is 6.51. The largest absolute Gasteiger partial charge is 0.491 e. The van der Waals surface area contributed by atoms with Crippen LogP contribution in [-0.2, 0) is 14.8 Å². The minimum atomic E-state index is -4.11. The molecule has 0 bridgehead atoms. The Morgan fingerprint density at radius 3 is 2.61 bits per heavy atom. The van der Waals surface area contributed by atoms with Crippen LogP contribution in [0.25, 0.3) is 0 Å². The Kier molecular flexibility index (Phi) is 4.25. The van der Waals surface area contributed by atoms with Crippen LogP contribution in [0.5, 0.6) is 5.75 Å². The molecule has 1 aromatic carbocycles. The Morgan fingerprint density at radius 2 is 2.11 bits per heavy atom. The first-order chi connectivity index (χ1) is 8.21. The second-order valence-electron chi connectivity index (χ2n) is 3.75. The van der Waals surface area contributed by atoms with E-state index in [9.17, 15) is 17.6 Å². The first-order valence-electron chi connectivity index (χ1n) is 4.96. The molecule has 0 spiro atoms. The number of hydrogen-bond acceptors (Lipinski definition) is 4. The number of sulfonamides is 1. The van der Waals surface area contributed by atoms with Gasteiger partial charge >= 0.3 is 0 Å². The van der Waals surface area contributed by atoms with Gasteiger partial charge in [0.2, 0.25) is 15.9 Å². The lowest BCUT2D eigenvalue weighted by atomic mass is 10.2. The summed E-state index contributed by atoms with van der Waals surface area (Å²) in [7, 11) is -4.11. The Balaban J connectivity index is 3.00. The van der Waals surface area contributed by atoms with Gasteiger partial charge in [0.05, 0.1) is 12.5 Å². The van der Waals surface area contributed by atoms with Crippen LogP contribution < -0.4 is 15.6 Å². The van der Waals surface area contributed by atoms with Gasteiger partial charge in [0, 0.05) is 0 Å². The van der Waals surface area contributed by atoms with E-state index in [1.165, 1.54) is 6.92 Å². The number of hydrogen-bond donors (Lipinski definition) is 2. The molecule has 4 N–H and O–H groups in total.